The number of aliphatic imine (C=N–C) groups is 1. The Morgan fingerprint density at radius 2 is 1.96 bits per heavy atom. The molecule has 1 aliphatic rings. The molecule has 1 unspecified atom stereocenters. The fourth-order valence-corrected chi connectivity index (χ4v) is 3.28. The molecule has 0 saturated heterocycles. The number of aliphatic hydroxyl groups is 1. The second-order valence-electron chi connectivity index (χ2n) is 5.86. The number of likely N-dealkylation sites (N-methyl/N-ethyl adjacent to an activating group) is 1. The van der Waals surface area contributed by atoms with E-state index in [9.17, 15) is 9.90 Å². The summed E-state index contributed by atoms with van der Waals surface area (Å²) in [6.07, 6.45) is 2.08. The van der Waals surface area contributed by atoms with Gasteiger partial charge in [-0.3, -0.25) is 9.79 Å². The number of allylic oxidation sites excluding steroid dienone is 2. The average Bonchev–Trinajstić information content (AvgIpc) is 2.45. The van der Waals surface area contributed by atoms with Gasteiger partial charge in [-0.2, -0.15) is 0 Å². The number of hydrogen-bond acceptors (Lipinski definition) is 4. The van der Waals surface area contributed by atoms with Crippen LogP contribution in [0.3, 0.4) is 0 Å². The Kier molecular flexibility index (Phi) is 6.22. The van der Waals surface area contributed by atoms with Crippen molar-refractivity contribution < 1.29 is 9.90 Å². The van der Waals surface area contributed by atoms with Crippen LogP contribution in [-0.4, -0.2) is 49.2 Å². The first-order valence-electron chi connectivity index (χ1n) is 7.44. The highest BCUT2D eigenvalue weighted by Gasteiger charge is 2.30. The van der Waals surface area contributed by atoms with E-state index in [1.54, 1.807) is 18.2 Å². The number of hydrogen-bond donors (Lipinski definition) is 1. The lowest BCUT2D eigenvalue weighted by Gasteiger charge is -2.24. The van der Waals surface area contributed by atoms with Crippen LogP contribution in [0.2, 0.25) is 10.0 Å². The molecule has 0 saturated carbocycles. The quantitative estimate of drug-likeness (QED) is 0.816. The zero-order chi connectivity index (χ0) is 17.0. The van der Waals surface area contributed by atoms with Gasteiger partial charge in [-0.1, -0.05) is 29.3 Å². The van der Waals surface area contributed by atoms with E-state index in [2.05, 4.69) is 4.99 Å². The van der Waals surface area contributed by atoms with Crippen LogP contribution < -0.4 is 0 Å². The molecule has 1 aliphatic carbocycles. The van der Waals surface area contributed by atoms with Gasteiger partial charge in [-0.15, -0.1) is 0 Å². The SMILES string of the molecule is CN(C)CCN=CC1=C(O)CC(c2c(Cl)cccc2Cl)CC1=O. The molecule has 0 spiro atoms. The third kappa shape index (κ3) is 4.56. The first-order valence-corrected chi connectivity index (χ1v) is 8.19. The fraction of sp³-hybridized carbons (Fsp3) is 0.412. The van der Waals surface area contributed by atoms with Crippen molar-refractivity contribution in [2.75, 3.05) is 27.2 Å². The highest BCUT2D eigenvalue weighted by Crippen LogP contribution is 2.40. The van der Waals surface area contributed by atoms with Crippen LogP contribution in [0.15, 0.2) is 34.5 Å². The number of rotatable bonds is 5. The van der Waals surface area contributed by atoms with E-state index in [4.69, 9.17) is 23.2 Å². The van der Waals surface area contributed by atoms with Crippen molar-refractivity contribution in [2.45, 2.75) is 18.8 Å². The Bertz CT molecular complexity index is 634. The molecule has 0 heterocycles. The van der Waals surface area contributed by atoms with E-state index >= 15 is 0 Å². The molecule has 0 amide bonds. The molecular weight excluding hydrogens is 335 g/mol. The minimum atomic E-state index is -0.206. The summed E-state index contributed by atoms with van der Waals surface area (Å²) in [5.74, 6) is -0.290. The number of carbonyl (C=O) groups excluding carboxylic acids is 1. The predicted octanol–water partition coefficient (Wildman–Crippen LogP) is 3.88. The van der Waals surface area contributed by atoms with Gasteiger partial charge in [-0.25, -0.2) is 0 Å². The average molecular weight is 355 g/mol. The van der Waals surface area contributed by atoms with Gasteiger partial charge in [0.1, 0.15) is 5.76 Å². The Balaban J connectivity index is 2.17. The van der Waals surface area contributed by atoms with Gasteiger partial charge in [0.15, 0.2) is 5.78 Å². The molecule has 1 N–H and O–H groups in total. The number of nitrogens with zero attached hydrogens (tertiary/aromatic N) is 2. The van der Waals surface area contributed by atoms with Gasteiger partial charge >= 0.3 is 0 Å². The zero-order valence-electron chi connectivity index (χ0n) is 13.2. The van der Waals surface area contributed by atoms with E-state index in [0.717, 1.165) is 12.1 Å². The Morgan fingerprint density at radius 1 is 1.30 bits per heavy atom. The number of ketones is 1. The van der Waals surface area contributed by atoms with Crippen LogP contribution >= 0.6 is 23.2 Å². The van der Waals surface area contributed by atoms with Gasteiger partial charge in [0.25, 0.3) is 0 Å². The smallest absolute Gasteiger partial charge is 0.168 e. The number of carbonyl (C=O) groups is 1. The van der Waals surface area contributed by atoms with Crippen LogP contribution in [0.5, 0.6) is 0 Å². The van der Waals surface area contributed by atoms with Gasteiger partial charge in [-0.05, 0) is 31.8 Å². The largest absolute Gasteiger partial charge is 0.511 e. The molecule has 0 radical (unpaired) electrons. The van der Waals surface area contributed by atoms with Gasteiger partial charge in [0, 0.05) is 41.6 Å². The normalized spacial score (nSPS) is 19.2. The lowest BCUT2D eigenvalue weighted by atomic mass is 9.83. The lowest BCUT2D eigenvalue weighted by molar-refractivity contribution is -0.116. The second kappa shape index (κ2) is 7.95. The Morgan fingerprint density at radius 3 is 2.52 bits per heavy atom. The maximum absolute atomic E-state index is 12.3. The number of benzene rings is 1. The fourth-order valence-electron chi connectivity index (χ4n) is 2.58. The molecule has 124 valence electrons. The molecule has 0 aromatic heterocycles. The molecule has 0 aliphatic heterocycles. The highest BCUT2D eigenvalue weighted by atomic mass is 35.5. The molecule has 2 rings (SSSR count). The number of halogens is 2. The maximum atomic E-state index is 12.3. The standard InChI is InChI=1S/C17H20Cl2N2O2/c1-21(2)7-6-20-10-12-15(22)8-11(9-16(12)23)17-13(18)4-3-5-14(17)19/h3-5,10-11,22H,6-9H2,1-2H3. The molecule has 0 bridgehead atoms. The van der Waals surface area contributed by atoms with Crippen LogP contribution in [0.25, 0.3) is 0 Å². The van der Waals surface area contributed by atoms with Gasteiger partial charge in [0.2, 0.25) is 0 Å². The summed E-state index contributed by atoms with van der Waals surface area (Å²) in [5, 5.41) is 11.3. The summed E-state index contributed by atoms with van der Waals surface area (Å²) in [7, 11) is 3.91. The Labute approximate surface area is 146 Å². The van der Waals surface area contributed by atoms with E-state index < -0.39 is 0 Å². The van der Waals surface area contributed by atoms with Crippen molar-refractivity contribution in [2.24, 2.45) is 4.99 Å². The summed E-state index contributed by atoms with van der Waals surface area (Å²) >= 11 is 12.4. The van der Waals surface area contributed by atoms with E-state index in [1.165, 1.54) is 6.21 Å². The van der Waals surface area contributed by atoms with Crippen molar-refractivity contribution in [1.29, 1.82) is 0 Å². The first kappa shape index (κ1) is 18.0. The predicted molar refractivity (Wildman–Crippen MR) is 95.0 cm³/mol. The van der Waals surface area contributed by atoms with Crippen molar-refractivity contribution in [3.8, 4) is 0 Å². The third-order valence-electron chi connectivity index (χ3n) is 3.79. The van der Waals surface area contributed by atoms with Crippen molar-refractivity contribution in [3.63, 3.8) is 0 Å². The van der Waals surface area contributed by atoms with E-state index in [1.807, 2.05) is 19.0 Å². The number of Topliss-reactive ketones (excluding diaryl/α,β-unsaturated/α-hetero) is 1. The van der Waals surface area contributed by atoms with Crippen LogP contribution in [0, 0.1) is 0 Å². The molecule has 4 nitrogen and oxygen atoms in total. The van der Waals surface area contributed by atoms with Crippen LogP contribution in [0.1, 0.15) is 24.3 Å². The summed E-state index contributed by atoms with van der Waals surface area (Å²) in [5.41, 5.74) is 1.02. The lowest BCUT2D eigenvalue weighted by Crippen LogP contribution is -2.20. The molecule has 23 heavy (non-hydrogen) atoms. The van der Waals surface area contributed by atoms with Gasteiger partial charge in [0.05, 0.1) is 12.1 Å². The highest BCUT2D eigenvalue weighted by molar-refractivity contribution is 6.36. The molecule has 1 atom stereocenters. The molecule has 1 aromatic carbocycles. The topological polar surface area (TPSA) is 52.9 Å². The third-order valence-corrected chi connectivity index (χ3v) is 4.45. The molecule has 1 aromatic rings. The summed E-state index contributed by atoms with van der Waals surface area (Å²) < 4.78 is 0. The molecule has 0 fully saturated rings. The van der Waals surface area contributed by atoms with Crippen molar-refractivity contribution in [3.05, 3.63) is 45.1 Å². The maximum Gasteiger partial charge on any atom is 0.168 e. The monoisotopic (exact) mass is 354 g/mol. The Hall–Kier alpha value is -1.36. The zero-order valence-corrected chi connectivity index (χ0v) is 14.7. The molecule has 6 heteroatoms. The van der Waals surface area contributed by atoms with Crippen LogP contribution in [-0.2, 0) is 4.79 Å². The van der Waals surface area contributed by atoms with Crippen molar-refractivity contribution >= 4 is 35.2 Å². The summed E-state index contributed by atoms with van der Waals surface area (Å²) in [6, 6.07) is 5.25. The minimum absolute atomic E-state index is 0.0517. The summed E-state index contributed by atoms with van der Waals surface area (Å²) in [4.78, 5) is 18.5. The van der Waals surface area contributed by atoms with Gasteiger partial charge < -0.3 is 10.0 Å². The van der Waals surface area contributed by atoms with E-state index in [-0.39, 0.29) is 23.9 Å². The van der Waals surface area contributed by atoms with Crippen molar-refractivity contribution in [1.82, 2.24) is 4.90 Å². The summed E-state index contributed by atoms with van der Waals surface area (Å²) in [6.45, 7) is 1.37. The molecular formula is C17H20Cl2N2O2. The first-order chi connectivity index (χ1) is 10.9. The second-order valence-corrected chi connectivity index (χ2v) is 6.68. The number of aliphatic hydroxyl groups excluding tert-OH is 1. The van der Waals surface area contributed by atoms with Crippen LogP contribution in [0.4, 0.5) is 0 Å². The minimum Gasteiger partial charge on any atom is -0.511 e. The van der Waals surface area contributed by atoms with E-state index in [0.29, 0.717) is 28.6 Å².